The molecule has 3 heterocycles. The molecule has 3 saturated heterocycles. The van der Waals surface area contributed by atoms with Crippen LogP contribution in [0.4, 0.5) is 0 Å². The highest BCUT2D eigenvalue weighted by Gasteiger charge is 2.05. The first-order valence-electron chi connectivity index (χ1n) is 7.03. The smallest absolute Gasteiger partial charge is 0.220 e. The van der Waals surface area contributed by atoms with Gasteiger partial charge in [0.05, 0.1) is 0 Å². The van der Waals surface area contributed by atoms with Crippen LogP contribution in [0.5, 0.6) is 0 Å². The molecule has 3 fully saturated rings. The lowest BCUT2D eigenvalue weighted by Crippen LogP contribution is -2.28. The van der Waals surface area contributed by atoms with Crippen LogP contribution in [-0.4, -0.2) is 38.0 Å². The molecule has 2 amide bonds. The Kier molecular flexibility index (Phi) is 8.21. The number of hydrogen-bond donors (Lipinski definition) is 3. The molecule has 0 radical (unpaired) electrons. The maximum absolute atomic E-state index is 10.4. The summed E-state index contributed by atoms with van der Waals surface area (Å²) in [4.78, 5) is 20.5. The second-order valence-corrected chi connectivity index (χ2v) is 4.72. The van der Waals surface area contributed by atoms with E-state index in [0.29, 0.717) is 0 Å². The molecule has 0 aliphatic carbocycles. The third-order valence-corrected chi connectivity index (χ3v) is 3.01. The largest absolute Gasteiger partial charge is 0.356 e. The van der Waals surface area contributed by atoms with Crippen molar-refractivity contribution in [3.8, 4) is 0 Å². The van der Waals surface area contributed by atoms with Gasteiger partial charge in [-0.05, 0) is 45.2 Å². The molecule has 0 spiro atoms. The number of carbonyl (C=O) groups is 2. The normalized spacial score (nSPS) is 22.0. The van der Waals surface area contributed by atoms with Gasteiger partial charge in [0, 0.05) is 25.9 Å². The fourth-order valence-corrected chi connectivity index (χ4v) is 1.92. The van der Waals surface area contributed by atoms with Crippen LogP contribution in [0.1, 0.15) is 44.9 Å². The van der Waals surface area contributed by atoms with Crippen molar-refractivity contribution >= 4 is 11.8 Å². The zero-order chi connectivity index (χ0) is 13.1. The summed E-state index contributed by atoms with van der Waals surface area (Å²) in [6.07, 6.45) is 7.51. The molecule has 0 saturated carbocycles. The zero-order valence-electron chi connectivity index (χ0n) is 11.1. The first-order valence-corrected chi connectivity index (χ1v) is 7.03. The van der Waals surface area contributed by atoms with Gasteiger partial charge in [0.15, 0.2) is 0 Å². The van der Waals surface area contributed by atoms with Gasteiger partial charge in [0.1, 0.15) is 0 Å². The maximum Gasteiger partial charge on any atom is 0.220 e. The minimum atomic E-state index is 0.204. The average Bonchev–Trinajstić information content (AvgIpc) is 3.06. The van der Waals surface area contributed by atoms with Gasteiger partial charge in [-0.1, -0.05) is 0 Å². The van der Waals surface area contributed by atoms with Gasteiger partial charge >= 0.3 is 0 Å². The molecule has 3 aliphatic heterocycles. The minimum absolute atomic E-state index is 0.204. The van der Waals surface area contributed by atoms with Crippen molar-refractivity contribution in [1.29, 1.82) is 0 Å². The molecule has 5 nitrogen and oxygen atoms in total. The number of rotatable bonds is 0. The molecule has 0 unspecified atom stereocenters. The average molecular weight is 255 g/mol. The van der Waals surface area contributed by atoms with E-state index in [0.717, 1.165) is 45.2 Å². The number of piperidine rings is 1. The summed E-state index contributed by atoms with van der Waals surface area (Å²) in [5.41, 5.74) is 0. The molecule has 18 heavy (non-hydrogen) atoms. The molecule has 0 aromatic rings. The summed E-state index contributed by atoms with van der Waals surface area (Å²) >= 11 is 0. The van der Waals surface area contributed by atoms with Crippen molar-refractivity contribution in [2.24, 2.45) is 0 Å². The summed E-state index contributed by atoms with van der Waals surface area (Å²) in [5, 5.41) is 8.65. The van der Waals surface area contributed by atoms with Gasteiger partial charge in [-0.25, -0.2) is 0 Å². The van der Waals surface area contributed by atoms with Crippen molar-refractivity contribution < 1.29 is 9.59 Å². The van der Waals surface area contributed by atoms with Crippen LogP contribution >= 0.6 is 0 Å². The van der Waals surface area contributed by atoms with Crippen molar-refractivity contribution in [2.45, 2.75) is 44.9 Å². The van der Waals surface area contributed by atoms with Crippen LogP contribution in [-0.2, 0) is 9.59 Å². The molecule has 5 heteroatoms. The number of carbonyl (C=O) groups excluding carboxylic acids is 2. The fraction of sp³-hybridized carbons (Fsp3) is 0.846. The first-order chi connectivity index (χ1) is 8.79. The lowest BCUT2D eigenvalue weighted by atomic mass is 10.2. The Bertz CT molecular complexity index is 229. The standard InChI is InChI=1S/C5H9NO.C4H7NO.C4H9N/c7-5-3-1-2-4-6-5;6-4-2-1-3-5-4;1-2-4-5-3-1/h1-4H2,(H,6,7);1-3H2,(H,5,6);5H,1-4H2. The quantitative estimate of drug-likeness (QED) is 0.592. The van der Waals surface area contributed by atoms with Gasteiger partial charge in [-0.15, -0.1) is 0 Å². The van der Waals surface area contributed by atoms with Gasteiger partial charge in [-0.3, -0.25) is 9.59 Å². The van der Waals surface area contributed by atoms with E-state index in [1.165, 1.54) is 25.9 Å². The molecular weight excluding hydrogens is 230 g/mol. The maximum atomic E-state index is 10.4. The van der Waals surface area contributed by atoms with E-state index < -0.39 is 0 Å². The predicted octanol–water partition coefficient (Wildman–Crippen LogP) is 0.553. The van der Waals surface area contributed by atoms with E-state index in [2.05, 4.69) is 16.0 Å². The summed E-state index contributed by atoms with van der Waals surface area (Å²) < 4.78 is 0. The molecular formula is C13H25N3O2. The molecule has 0 atom stereocenters. The van der Waals surface area contributed by atoms with E-state index in [1.54, 1.807) is 0 Å². The van der Waals surface area contributed by atoms with Crippen LogP contribution in [0, 0.1) is 0 Å². The van der Waals surface area contributed by atoms with Crippen LogP contribution < -0.4 is 16.0 Å². The van der Waals surface area contributed by atoms with Crippen LogP contribution in [0.15, 0.2) is 0 Å². The third kappa shape index (κ3) is 8.06. The van der Waals surface area contributed by atoms with E-state index in [4.69, 9.17) is 0 Å². The second kappa shape index (κ2) is 9.88. The van der Waals surface area contributed by atoms with Crippen LogP contribution in [0.2, 0.25) is 0 Å². The summed E-state index contributed by atoms with van der Waals surface area (Å²) in [6.45, 7) is 4.28. The molecule has 0 aromatic carbocycles. The highest BCUT2D eigenvalue weighted by molar-refractivity contribution is 5.77. The number of amides is 2. The summed E-state index contributed by atoms with van der Waals surface area (Å²) in [6, 6.07) is 0. The Labute approximate surface area is 109 Å². The van der Waals surface area contributed by atoms with Crippen LogP contribution in [0.3, 0.4) is 0 Å². The second-order valence-electron chi connectivity index (χ2n) is 4.72. The Hall–Kier alpha value is -1.10. The third-order valence-electron chi connectivity index (χ3n) is 3.01. The molecule has 0 bridgehead atoms. The first kappa shape index (κ1) is 15.0. The topological polar surface area (TPSA) is 70.2 Å². The van der Waals surface area contributed by atoms with Gasteiger partial charge in [0.25, 0.3) is 0 Å². The Morgan fingerprint density at radius 2 is 1.11 bits per heavy atom. The molecule has 0 aromatic heterocycles. The zero-order valence-corrected chi connectivity index (χ0v) is 11.1. The predicted molar refractivity (Wildman–Crippen MR) is 71.2 cm³/mol. The monoisotopic (exact) mass is 255 g/mol. The van der Waals surface area contributed by atoms with E-state index in [1.807, 2.05) is 0 Å². The summed E-state index contributed by atoms with van der Waals surface area (Å²) in [7, 11) is 0. The Balaban J connectivity index is 0.000000137. The highest BCUT2D eigenvalue weighted by atomic mass is 16.2. The van der Waals surface area contributed by atoms with Crippen molar-refractivity contribution in [1.82, 2.24) is 16.0 Å². The van der Waals surface area contributed by atoms with Gasteiger partial charge in [-0.2, -0.15) is 0 Å². The Morgan fingerprint density at radius 3 is 1.33 bits per heavy atom. The van der Waals surface area contributed by atoms with E-state index in [-0.39, 0.29) is 11.8 Å². The van der Waals surface area contributed by atoms with Gasteiger partial charge < -0.3 is 16.0 Å². The van der Waals surface area contributed by atoms with E-state index in [9.17, 15) is 9.59 Å². The number of nitrogens with one attached hydrogen (secondary N) is 3. The Morgan fingerprint density at radius 1 is 0.611 bits per heavy atom. The molecule has 3 rings (SSSR count). The lowest BCUT2D eigenvalue weighted by Gasteiger charge is -2.08. The fourth-order valence-electron chi connectivity index (χ4n) is 1.92. The minimum Gasteiger partial charge on any atom is -0.356 e. The van der Waals surface area contributed by atoms with Crippen molar-refractivity contribution in [3.63, 3.8) is 0 Å². The molecule has 3 N–H and O–H groups in total. The van der Waals surface area contributed by atoms with E-state index >= 15 is 0 Å². The SMILES string of the molecule is C1CCNC1.O=C1CCCCN1.O=C1CCCN1. The molecule has 104 valence electrons. The number of hydrogen-bond acceptors (Lipinski definition) is 3. The lowest BCUT2D eigenvalue weighted by molar-refractivity contribution is -0.122. The molecule has 3 aliphatic rings. The summed E-state index contributed by atoms with van der Waals surface area (Å²) in [5.74, 6) is 0.418. The van der Waals surface area contributed by atoms with Crippen molar-refractivity contribution in [3.05, 3.63) is 0 Å². The van der Waals surface area contributed by atoms with Crippen molar-refractivity contribution in [2.75, 3.05) is 26.2 Å². The highest BCUT2D eigenvalue weighted by Crippen LogP contribution is 1.98. The van der Waals surface area contributed by atoms with Crippen LogP contribution in [0.25, 0.3) is 0 Å². The van der Waals surface area contributed by atoms with Gasteiger partial charge in [0.2, 0.25) is 11.8 Å².